The second kappa shape index (κ2) is 8.08. The number of carbonyl (C=O) groups excluding carboxylic acids is 2. The first-order chi connectivity index (χ1) is 13.9. The van der Waals surface area contributed by atoms with E-state index in [0.717, 1.165) is 44.9 Å². The first-order valence-electron chi connectivity index (χ1n) is 11.2. The minimum atomic E-state index is -0.391. The number of alkyl halides is 4. The van der Waals surface area contributed by atoms with Gasteiger partial charge in [0.2, 0.25) is 0 Å². The number of Topliss-reactive ketones (excluding diaryl/α,β-unsaturated/α-hetero) is 1. The van der Waals surface area contributed by atoms with Crippen LogP contribution in [0.2, 0.25) is 0 Å². The lowest BCUT2D eigenvalue weighted by Gasteiger charge is -2.66. The summed E-state index contributed by atoms with van der Waals surface area (Å²) in [5, 5.41) is 0.426. The zero-order valence-electron chi connectivity index (χ0n) is 18.0. The third-order valence-electron chi connectivity index (χ3n) is 9.68. The van der Waals surface area contributed by atoms with Crippen LogP contribution in [0.5, 0.6) is 0 Å². The Hall–Kier alpha value is 1.06. The molecule has 4 aliphatic rings. The number of halogens is 4. The molecule has 0 aromatic rings. The van der Waals surface area contributed by atoms with Crippen LogP contribution in [-0.2, 0) is 14.3 Å². The maximum absolute atomic E-state index is 12.9. The van der Waals surface area contributed by atoms with Gasteiger partial charge in [0, 0.05) is 22.5 Å². The van der Waals surface area contributed by atoms with Crippen LogP contribution in [0.1, 0.15) is 72.1 Å². The Morgan fingerprint density at radius 3 is 2.23 bits per heavy atom. The molecule has 0 saturated heterocycles. The predicted molar refractivity (Wildman–Crippen MR) is 134 cm³/mol. The van der Waals surface area contributed by atoms with Crippen molar-refractivity contribution in [1.29, 1.82) is 0 Å². The van der Waals surface area contributed by atoms with Gasteiger partial charge in [0.05, 0.1) is 9.65 Å². The molecule has 0 aliphatic heterocycles. The first-order valence-corrected chi connectivity index (χ1v) is 14.8. The SMILES string of the molecule is CC(=O)O[C@@H]1CC[C@]2(C)[C@H]3CC[C@@]4(C)[C@@H](CC[C@]4(Br)C(=O)CBr)[C@@H]3C[C@H](Br)[C@]2(Br)C1. The number of hydrogen-bond donors (Lipinski definition) is 0. The van der Waals surface area contributed by atoms with Gasteiger partial charge in [-0.25, -0.2) is 0 Å². The van der Waals surface area contributed by atoms with Crippen molar-refractivity contribution in [3.63, 3.8) is 0 Å². The normalized spacial score (nSPS) is 52.7. The van der Waals surface area contributed by atoms with E-state index in [0.29, 0.717) is 33.7 Å². The van der Waals surface area contributed by atoms with Gasteiger partial charge in [-0.2, -0.15) is 0 Å². The molecule has 0 spiro atoms. The van der Waals surface area contributed by atoms with Gasteiger partial charge in [0.25, 0.3) is 0 Å². The van der Waals surface area contributed by atoms with Gasteiger partial charge >= 0.3 is 5.97 Å². The topological polar surface area (TPSA) is 43.4 Å². The standard InChI is InChI=1S/C23H32Br4O3/c1-13(28)30-14-4-7-21(3)16-5-8-20(2)17(6-9-22(20,26)19(29)12-24)15(16)10-18(25)23(21,27)11-14/h14-18H,4-12H2,1-3H3/t14-,15-,16+,17+,18+,20+,21-,22+,23-/m1/s1. The molecule has 9 atom stereocenters. The fourth-order valence-corrected chi connectivity index (χ4v) is 11.9. The number of carbonyl (C=O) groups is 2. The quantitative estimate of drug-likeness (QED) is 0.240. The lowest BCUT2D eigenvalue weighted by Crippen LogP contribution is -2.65. The highest BCUT2D eigenvalue weighted by molar-refractivity contribution is 9.12. The third kappa shape index (κ3) is 3.24. The first kappa shape index (κ1) is 24.2. The maximum atomic E-state index is 12.9. The lowest BCUT2D eigenvalue weighted by atomic mass is 9.44. The van der Waals surface area contributed by atoms with Crippen molar-refractivity contribution >= 4 is 75.5 Å². The second-order valence-electron chi connectivity index (χ2n) is 10.7. The molecule has 4 saturated carbocycles. The molecule has 7 heteroatoms. The maximum Gasteiger partial charge on any atom is 0.302 e. The van der Waals surface area contributed by atoms with Crippen molar-refractivity contribution in [2.75, 3.05) is 5.33 Å². The van der Waals surface area contributed by atoms with E-state index >= 15 is 0 Å². The summed E-state index contributed by atoms with van der Waals surface area (Å²) < 4.78 is 5.19. The van der Waals surface area contributed by atoms with Crippen LogP contribution in [0.4, 0.5) is 0 Å². The molecule has 0 radical (unpaired) electrons. The predicted octanol–water partition coefficient (Wildman–Crippen LogP) is 6.95. The van der Waals surface area contributed by atoms with Gasteiger partial charge in [-0.15, -0.1) is 0 Å². The average molecular weight is 676 g/mol. The summed E-state index contributed by atoms with van der Waals surface area (Å²) in [6, 6.07) is 0. The van der Waals surface area contributed by atoms with E-state index in [2.05, 4.69) is 77.6 Å². The molecule has 0 bridgehead atoms. The van der Waals surface area contributed by atoms with E-state index < -0.39 is 4.32 Å². The largest absolute Gasteiger partial charge is 0.463 e. The molecule has 0 heterocycles. The molecule has 4 rings (SSSR count). The number of fused-ring (bicyclic) bond motifs is 5. The fraction of sp³-hybridized carbons (Fsp3) is 0.913. The number of rotatable bonds is 3. The zero-order valence-corrected chi connectivity index (χ0v) is 24.3. The van der Waals surface area contributed by atoms with E-state index in [1.54, 1.807) is 0 Å². The van der Waals surface area contributed by atoms with E-state index in [9.17, 15) is 9.59 Å². The Morgan fingerprint density at radius 1 is 1.00 bits per heavy atom. The number of esters is 1. The van der Waals surface area contributed by atoms with Crippen LogP contribution >= 0.6 is 63.7 Å². The van der Waals surface area contributed by atoms with Crippen molar-refractivity contribution in [1.82, 2.24) is 0 Å². The van der Waals surface area contributed by atoms with Crippen molar-refractivity contribution < 1.29 is 14.3 Å². The van der Waals surface area contributed by atoms with Crippen molar-refractivity contribution in [2.45, 2.75) is 91.7 Å². The summed E-state index contributed by atoms with van der Waals surface area (Å²) in [7, 11) is 0. The van der Waals surface area contributed by atoms with Crippen LogP contribution < -0.4 is 0 Å². The summed E-state index contributed by atoms with van der Waals surface area (Å²) in [6.45, 7) is 6.36. The summed E-state index contributed by atoms with van der Waals surface area (Å²) >= 11 is 15.7. The highest BCUT2D eigenvalue weighted by Gasteiger charge is 2.69. The number of hydrogen-bond acceptors (Lipinski definition) is 3. The minimum absolute atomic E-state index is 0.00127. The Balaban J connectivity index is 1.65. The van der Waals surface area contributed by atoms with E-state index in [-0.39, 0.29) is 27.2 Å². The van der Waals surface area contributed by atoms with Crippen LogP contribution in [0.3, 0.4) is 0 Å². The van der Waals surface area contributed by atoms with E-state index in [1.165, 1.54) is 13.3 Å². The van der Waals surface area contributed by atoms with Crippen LogP contribution in [0.15, 0.2) is 0 Å². The van der Waals surface area contributed by atoms with Crippen LogP contribution in [0, 0.1) is 28.6 Å². The van der Waals surface area contributed by atoms with Crippen LogP contribution in [-0.4, -0.2) is 36.7 Å². The molecule has 0 N–H and O–H groups in total. The smallest absolute Gasteiger partial charge is 0.302 e. The molecular formula is C23H32Br4O3. The second-order valence-corrected chi connectivity index (χ2v) is 15.1. The number of ether oxygens (including phenoxy) is 1. The van der Waals surface area contributed by atoms with E-state index in [4.69, 9.17) is 4.74 Å². The highest BCUT2D eigenvalue weighted by Crippen LogP contribution is 2.72. The Kier molecular flexibility index (Phi) is 6.51. The Morgan fingerprint density at radius 2 is 1.60 bits per heavy atom. The van der Waals surface area contributed by atoms with Gasteiger partial charge in [-0.1, -0.05) is 77.6 Å². The van der Waals surface area contributed by atoms with Crippen molar-refractivity contribution in [3.05, 3.63) is 0 Å². The molecule has 0 aromatic carbocycles. The fourth-order valence-electron chi connectivity index (χ4n) is 8.03. The highest BCUT2D eigenvalue weighted by atomic mass is 79.9. The van der Waals surface area contributed by atoms with Gasteiger partial charge < -0.3 is 4.74 Å². The molecule has 170 valence electrons. The lowest BCUT2D eigenvalue weighted by molar-refractivity contribution is -0.155. The van der Waals surface area contributed by atoms with Gasteiger partial charge in [0.1, 0.15) is 6.10 Å². The number of ketones is 1. The molecular weight excluding hydrogens is 644 g/mol. The molecule has 0 amide bonds. The van der Waals surface area contributed by atoms with Crippen molar-refractivity contribution in [3.8, 4) is 0 Å². The Labute approximate surface area is 214 Å². The van der Waals surface area contributed by atoms with Gasteiger partial charge in [0.15, 0.2) is 5.78 Å². The molecule has 30 heavy (non-hydrogen) atoms. The summed E-state index contributed by atoms with van der Waals surface area (Å²) in [4.78, 5) is 24.8. The molecule has 4 fully saturated rings. The molecule has 0 unspecified atom stereocenters. The molecule has 0 aromatic heterocycles. The van der Waals surface area contributed by atoms with Crippen LogP contribution in [0.25, 0.3) is 0 Å². The monoisotopic (exact) mass is 672 g/mol. The van der Waals surface area contributed by atoms with Gasteiger partial charge in [-0.05, 0) is 73.5 Å². The molecule has 4 aliphatic carbocycles. The average Bonchev–Trinajstić information content (AvgIpc) is 2.95. The molecule has 3 nitrogen and oxygen atoms in total. The van der Waals surface area contributed by atoms with E-state index in [1.807, 2.05) is 0 Å². The summed E-state index contributed by atoms with van der Waals surface area (Å²) in [6.07, 6.45) is 8.34. The zero-order chi connectivity index (χ0) is 22.1. The summed E-state index contributed by atoms with van der Waals surface area (Å²) in [5.74, 6) is 1.95. The van der Waals surface area contributed by atoms with Gasteiger partial charge in [-0.3, -0.25) is 9.59 Å². The Bertz CT molecular complexity index is 746. The third-order valence-corrected chi connectivity index (χ3v) is 15.5. The minimum Gasteiger partial charge on any atom is -0.463 e. The summed E-state index contributed by atoms with van der Waals surface area (Å²) in [5.41, 5.74) is 0.169. The van der Waals surface area contributed by atoms with Crippen molar-refractivity contribution in [2.24, 2.45) is 28.6 Å².